The van der Waals surface area contributed by atoms with Crippen LogP contribution in [0.1, 0.15) is 12.0 Å². The summed E-state index contributed by atoms with van der Waals surface area (Å²) in [6.45, 7) is 0.952. The fourth-order valence-electron chi connectivity index (χ4n) is 1.81. The van der Waals surface area contributed by atoms with Crippen LogP contribution < -0.4 is 0 Å². The molecule has 1 aliphatic rings. The smallest absolute Gasteiger partial charge is 0.119 e. The molecule has 0 amide bonds. The third kappa shape index (κ3) is 1.38. The molecule has 0 saturated carbocycles. The second kappa shape index (κ2) is 3.55. The topological polar surface area (TPSA) is 27.0 Å². The molecular formula is C12H12N2. The van der Waals surface area contributed by atoms with Gasteiger partial charge in [0.25, 0.3) is 0 Å². The molecule has 0 aromatic heterocycles. The molecule has 70 valence electrons. The Kier molecular flexibility index (Phi) is 2.24. The van der Waals surface area contributed by atoms with E-state index in [0.717, 1.165) is 18.7 Å². The summed E-state index contributed by atoms with van der Waals surface area (Å²) < 4.78 is 0. The second-order valence-electron chi connectivity index (χ2n) is 3.48. The van der Waals surface area contributed by atoms with Crippen molar-refractivity contribution in [3.63, 3.8) is 0 Å². The molecule has 1 aliphatic heterocycles. The molecule has 1 aromatic rings. The number of nitriles is 1. The highest BCUT2D eigenvalue weighted by atomic mass is 15.1. The Balaban J connectivity index is 2.45. The van der Waals surface area contributed by atoms with E-state index in [1.54, 1.807) is 0 Å². The van der Waals surface area contributed by atoms with Crippen LogP contribution in [0.2, 0.25) is 0 Å². The predicted molar refractivity (Wildman–Crippen MR) is 56.2 cm³/mol. The average molecular weight is 184 g/mol. The van der Waals surface area contributed by atoms with E-state index in [0.29, 0.717) is 0 Å². The summed E-state index contributed by atoms with van der Waals surface area (Å²) in [5, 5.41) is 9.02. The number of benzene rings is 1. The molecule has 1 heterocycles. The minimum Gasteiger partial charge on any atom is -0.366 e. The van der Waals surface area contributed by atoms with Crippen LogP contribution >= 0.6 is 0 Å². The fourth-order valence-corrected chi connectivity index (χ4v) is 1.81. The van der Waals surface area contributed by atoms with Crippen molar-refractivity contribution < 1.29 is 0 Å². The highest BCUT2D eigenvalue weighted by Crippen LogP contribution is 2.29. The molecule has 0 atom stereocenters. The average Bonchev–Trinajstić information content (AvgIpc) is 2.61. The first-order valence-corrected chi connectivity index (χ1v) is 4.72. The third-order valence-corrected chi connectivity index (χ3v) is 2.59. The quantitative estimate of drug-likeness (QED) is 0.669. The summed E-state index contributed by atoms with van der Waals surface area (Å²) in [7, 11) is 1.97. The van der Waals surface area contributed by atoms with Crippen LogP contribution in [-0.4, -0.2) is 18.5 Å². The van der Waals surface area contributed by atoms with Crippen molar-refractivity contribution in [3.8, 4) is 6.07 Å². The molecule has 14 heavy (non-hydrogen) atoms. The lowest BCUT2D eigenvalue weighted by molar-refractivity contribution is 0.474. The van der Waals surface area contributed by atoms with Crippen molar-refractivity contribution in [3.05, 3.63) is 41.6 Å². The van der Waals surface area contributed by atoms with Crippen molar-refractivity contribution in [2.75, 3.05) is 13.6 Å². The van der Waals surface area contributed by atoms with Gasteiger partial charge in [-0.25, -0.2) is 0 Å². The largest absolute Gasteiger partial charge is 0.366 e. The molecule has 2 rings (SSSR count). The van der Waals surface area contributed by atoms with Gasteiger partial charge in [-0.05, 0) is 17.6 Å². The van der Waals surface area contributed by atoms with E-state index in [9.17, 15) is 0 Å². The van der Waals surface area contributed by atoms with Crippen LogP contribution in [0.3, 0.4) is 0 Å². The molecule has 0 aliphatic carbocycles. The second-order valence-corrected chi connectivity index (χ2v) is 3.48. The van der Waals surface area contributed by atoms with Crippen LogP contribution in [0.25, 0.3) is 5.57 Å². The molecule has 0 spiro atoms. The van der Waals surface area contributed by atoms with E-state index in [4.69, 9.17) is 5.26 Å². The maximum Gasteiger partial charge on any atom is 0.119 e. The first-order chi connectivity index (χ1) is 6.83. The molecule has 1 aromatic carbocycles. The van der Waals surface area contributed by atoms with Gasteiger partial charge in [0, 0.05) is 13.6 Å². The molecule has 2 heteroatoms. The fraction of sp³-hybridized carbons (Fsp3) is 0.250. The van der Waals surface area contributed by atoms with Crippen LogP contribution in [0.4, 0.5) is 0 Å². The van der Waals surface area contributed by atoms with Crippen LogP contribution in [0.5, 0.6) is 0 Å². The van der Waals surface area contributed by atoms with Crippen LogP contribution in [0, 0.1) is 11.3 Å². The van der Waals surface area contributed by atoms with Gasteiger partial charge < -0.3 is 4.90 Å². The lowest BCUT2D eigenvalue weighted by Crippen LogP contribution is -2.11. The number of rotatable bonds is 1. The lowest BCUT2D eigenvalue weighted by Gasteiger charge is -2.08. The van der Waals surface area contributed by atoms with Gasteiger partial charge in [0.1, 0.15) is 11.8 Å². The first kappa shape index (κ1) is 8.83. The van der Waals surface area contributed by atoms with Crippen molar-refractivity contribution in [1.82, 2.24) is 4.90 Å². The maximum absolute atomic E-state index is 9.02. The van der Waals surface area contributed by atoms with Gasteiger partial charge in [0.15, 0.2) is 0 Å². The number of hydrogen-bond acceptors (Lipinski definition) is 2. The van der Waals surface area contributed by atoms with Gasteiger partial charge in [0.05, 0.1) is 0 Å². The zero-order valence-corrected chi connectivity index (χ0v) is 8.20. The Labute approximate surface area is 84.1 Å². The predicted octanol–water partition coefficient (Wildman–Crippen LogP) is 2.26. The van der Waals surface area contributed by atoms with E-state index >= 15 is 0 Å². The summed E-state index contributed by atoms with van der Waals surface area (Å²) in [4.78, 5) is 2.02. The molecule has 2 nitrogen and oxygen atoms in total. The third-order valence-electron chi connectivity index (χ3n) is 2.59. The Bertz CT molecular complexity index is 398. The van der Waals surface area contributed by atoms with E-state index in [1.807, 2.05) is 30.1 Å². The van der Waals surface area contributed by atoms with E-state index in [2.05, 4.69) is 18.2 Å². The minimum atomic E-state index is 0.816. The van der Waals surface area contributed by atoms with Crippen molar-refractivity contribution in [2.45, 2.75) is 6.42 Å². The Morgan fingerprint density at radius 2 is 2.00 bits per heavy atom. The van der Waals surface area contributed by atoms with Gasteiger partial charge in [-0.1, -0.05) is 30.3 Å². The zero-order valence-electron chi connectivity index (χ0n) is 8.20. The first-order valence-electron chi connectivity index (χ1n) is 4.72. The zero-order chi connectivity index (χ0) is 9.97. The van der Waals surface area contributed by atoms with Gasteiger partial charge in [0.2, 0.25) is 0 Å². The Hall–Kier alpha value is -1.75. The molecular weight excluding hydrogens is 172 g/mol. The molecule has 0 fully saturated rings. The minimum absolute atomic E-state index is 0.816. The summed E-state index contributed by atoms with van der Waals surface area (Å²) >= 11 is 0. The van der Waals surface area contributed by atoms with Gasteiger partial charge >= 0.3 is 0 Å². The van der Waals surface area contributed by atoms with Crippen LogP contribution in [0.15, 0.2) is 36.0 Å². The Morgan fingerprint density at radius 3 is 2.64 bits per heavy atom. The summed E-state index contributed by atoms with van der Waals surface area (Å²) in [5.74, 6) is 0. The Morgan fingerprint density at radius 1 is 1.29 bits per heavy atom. The number of hydrogen-bond donors (Lipinski definition) is 0. The van der Waals surface area contributed by atoms with Crippen molar-refractivity contribution >= 4 is 5.57 Å². The number of allylic oxidation sites excluding steroid dienone is 1. The highest BCUT2D eigenvalue weighted by molar-refractivity contribution is 5.73. The van der Waals surface area contributed by atoms with Gasteiger partial charge in [-0.2, -0.15) is 5.26 Å². The van der Waals surface area contributed by atoms with Crippen LogP contribution in [-0.2, 0) is 0 Å². The highest BCUT2D eigenvalue weighted by Gasteiger charge is 2.19. The summed E-state index contributed by atoms with van der Waals surface area (Å²) in [5.41, 5.74) is 3.17. The lowest BCUT2D eigenvalue weighted by atomic mass is 10.0. The monoisotopic (exact) mass is 184 g/mol. The van der Waals surface area contributed by atoms with E-state index < -0.39 is 0 Å². The summed E-state index contributed by atoms with van der Waals surface area (Å²) in [6, 6.07) is 12.4. The molecule has 0 bridgehead atoms. The normalized spacial score (nSPS) is 15.9. The van der Waals surface area contributed by atoms with Gasteiger partial charge in [-0.3, -0.25) is 0 Å². The maximum atomic E-state index is 9.02. The molecule has 0 unspecified atom stereocenters. The molecule has 0 radical (unpaired) electrons. The standard InChI is InChI=1S/C12H12N2/c1-14-8-7-11(12(14)9-13)10-5-3-2-4-6-10/h2-6H,7-8H2,1H3. The molecule has 0 saturated heterocycles. The van der Waals surface area contributed by atoms with Gasteiger partial charge in [-0.15, -0.1) is 0 Å². The van der Waals surface area contributed by atoms with E-state index in [-0.39, 0.29) is 0 Å². The van der Waals surface area contributed by atoms with E-state index in [1.165, 1.54) is 11.1 Å². The van der Waals surface area contributed by atoms with Crippen molar-refractivity contribution in [1.29, 1.82) is 5.26 Å². The summed E-state index contributed by atoms with van der Waals surface area (Å²) in [6.07, 6.45) is 0.976. The SMILES string of the molecule is CN1CCC(c2ccccc2)=C1C#N. The van der Waals surface area contributed by atoms with Crippen molar-refractivity contribution in [2.24, 2.45) is 0 Å². The number of nitrogens with zero attached hydrogens (tertiary/aromatic N) is 2. The molecule has 0 N–H and O–H groups in total.